The summed E-state index contributed by atoms with van der Waals surface area (Å²) in [5, 5.41) is 0. The van der Waals surface area contributed by atoms with Crippen LogP contribution in [0.2, 0.25) is 0 Å². The number of likely N-dealkylation sites (tertiary alicyclic amines) is 1. The van der Waals surface area contributed by atoms with Crippen molar-refractivity contribution in [2.45, 2.75) is 32.2 Å². The molecule has 98 valence electrons. The molecule has 18 heavy (non-hydrogen) atoms. The van der Waals surface area contributed by atoms with Crippen LogP contribution in [0, 0.1) is 17.5 Å². The fourth-order valence-electron chi connectivity index (χ4n) is 2.37. The maximum atomic E-state index is 13.5. The van der Waals surface area contributed by atoms with Crippen LogP contribution >= 0.6 is 0 Å². The summed E-state index contributed by atoms with van der Waals surface area (Å²) in [5.74, 6) is -4.83. The molecule has 1 heterocycles. The Hall–Kier alpha value is -1.52. The van der Waals surface area contributed by atoms with Gasteiger partial charge in [0.2, 0.25) is 0 Å². The minimum Gasteiger partial charge on any atom is -0.336 e. The summed E-state index contributed by atoms with van der Waals surface area (Å²) in [6.45, 7) is 2.48. The van der Waals surface area contributed by atoms with E-state index in [1.54, 1.807) is 0 Å². The second-order valence-electron chi connectivity index (χ2n) is 4.43. The maximum absolute atomic E-state index is 13.5. The molecular weight excluding hydrogens is 243 g/mol. The highest BCUT2D eigenvalue weighted by Crippen LogP contribution is 2.24. The largest absolute Gasteiger partial charge is 0.336 e. The standard InChI is InChI=1S/C13H14F3NO/c1-2-8-4-3-7-17(8)13(18)9-5-6-10(14)12(16)11(9)15/h5-6,8H,2-4,7H2,1H3. The van der Waals surface area contributed by atoms with Crippen molar-refractivity contribution in [1.82, 2.24) is 4.90 Å². The van der Waals surface area contributed by atoms with E-state index in [2.05, 4.69) is 0 Å². The lowest BCUT2D eigenvalue weighted by molar-refractivity contribution is 0.0727. The molecule has 1 saturated heterocycles. The van der Waals surface area contributed by atoms with E-state index in [0.717, 1.165) is 31.4 Å². The highest BCUT2D eigenvalue weighted by Gasteiger charge is 2.30. The number of carbonyl (C=O) groups excluding carboxylic acids is 1. The zero-order chi connectivity index (χ0) is 13.3. The van der Waals surface area contributed by atoms with Crippen LogP contribution in [-0.2, 0) is 0 Å². The first-order valence-electron chi connectivity index (χ1n) is 6.00. The minimum absolute atomic E-state index is 0.0602. The van der Waals surface area contributed by atoms with Gasteiger partial charge in [0.25, 0.3) is 5.91 Å². The monoisotopic (exact) mass is 257 g/mol. The molecule has 0 radical (unpaired) electrons. The van der Waals surface area contributed by atoms with E-state index in [-0.39, 0.29) is 6.04 Å². The van der Waals surface area contributed by atoms with Gasteiger partial charge >= 0.3 is 0 Å². The van der Waals surface area contributed by atoms with E-state index < -0.39 is 28.9 Å². The molecule has 0 aromatic heterocycles. The van der Waals surface area contributed by atoms with Crippen LogP contribution in [0.4, 0.5) is 13.2 Å². The second-order valence-corrected chi connectivity index (χ2v) is 4.43. The quantitative estimate of drug-likeness (QED) is 0.745. The van der Waals surface area contributed by atoms with Crippen molar-refractivity contribution in [1.29, 1.82) is 0 Å². The fraction of sp³-hybridized carbons (Fsp3) is 0.462. The molecule has 1 unspecified atom stereocenters. The first-order valence-corrected chi connectivity index (χ1v) is 6.00. The van der Waals surface area contributed by atoms with E-state index in [4.69, 9.17) is 0 Å². The molecule has 0 saturated carbocycles. The first kappa shape index (κ1) is 12.9. The molecule has 1 aliphatic rings. The van der Waals surface area contributed by atoms with Crippen LogP contribution in [-0.4, -0.2) is 23.4 Å². The molecule has 1 amide bonds. The third-order valence-electron chi connectivity index (χ3n) is 3.37. The molecule has 1 atom stereocenters. The molecule has 1 aromatic rings. The molecule has 2 nitrogen and oxygen atoms in total. The summed E-state index contributed by atoms with van der Waals surface area (Å²) in [7, 11) is 0. The average Bonchev–Trinajstić information content (AvgIpc) is 2.83. The lowest BCUT2D eigenvalue weighted by atomic mass is 10.1. The number of amides is 1. The Balaban J connectivity index is 2.32. The van der Waals surface area contributed by atoms with Gasteiger partial charge in [-0.05, 0) is 31.4 Å². The van der Waals surface area contributed by atoms with Crippen molar-refractivity contribution in [3.05, 3.63) is 35.1 Å². The highest BCUT2D eigenvalue weighted by molar-refractivity contribution is 5.94. The number of benzene rings is 1. The Morgan fingerprint density at radius 2 is 2.06 bits per heavy atom. The van der Waals surface area contributed by atoms with E-state index >= 15 is 0 Å². The lowest BCUT2D eigenvalue weighted by Crippen LogP contribution is -2.35. The Morgan fingerprint density at radius 1 is 1.33 bits per heavy atom. The summed E-state index contributed by atoms with van der Waals surface area (Å²) < 4.78 is 39.4. The molecule has 2 rings (SSSR count). The molecule has 0 spiro atoms. The lowest BCUT2D eigenvalue weighted by Gasteiger charge is -2.23. The predicted molar refractivity (Wildman–Crippen MR) is 60.7 cm³/mol. The van der Waals surface area contributed by atoms with Crippen LogP contribution < -0.4 is 0 Å². The summed E-state index contributed by atoms with van der Waals surface area (Å²) in [6, 6.07) is 1.84. The topological polar surface area (TPSA) is 20.3 Å². The van der Waals surface area contributed by atoms with Gasteiger partial charge in [-0.1, -0.05) is 6.92 Å². The van der Waals surface area contributed by atoms with Crippen molar-refractivity contribution in [3.8, 4) is 0 Å². The summed E-state index contributed by atoms with van der Waals surface area (Å²) in [6.07, 6.45) is 2.50. The van der Waals surface area contributed by atoms with Crippen LogP contribution in [0.5, 0.6) is 0 Å². The molecule has 1 fully saturated rings. The number of halogens is 3. The molecule has 0 bridgehead atoms. The van der Waals surface area contributed by atoms with Crippen LogP contribution in [0.1, 0.15) is 36.5 Å². The summed E-state index contributed by atoms with van der Waals surface area (Å²) >= 11 is 0. The van der Waals surface area contributed by atoms with Crippen molar-refractivity contribution in [2.75, 3.05) is 6.54 Å². The summed E-state index contributed by atoms with van der Waals surface area (Å²) in [4.78, 5) is 13.6. The van der Waals surface area contributed by atoms with Crippen molar-refractivity contribution in [3.63, 3.8) is 0 Å². The van der Waals surface area contributed by atoms with Gasteiger partial charge in [0.15, 0.2) is 17.5 Å². The summed E-state index contributed by atoms with van der Waals surface area (Å²) in [5.41, 5.74) is -0.394. The predicted octanol–water partition coefficient (Wildman–Crippen LogP) is 3.12. The smallest absolute Gasteiger partial charge is 0.257 e. The third-order valence-corrected chi connectivity index (χ3v) is 3.37. The van der Waals surface area contributed by atoms with Gasteiger partial charge in [0.05, 0.1) is 5.56 Å². The van der Waals surface area contributed by atoms with E-state index in [1.165, 1.54) is 4.90 Å². The molecule has 5 heteroatoms. The fourth-order valence-corrected chi connectivity index (χ4v) is 2.37. The SMILES string of the molecule is CCC1CCCN1C(=O)c1ccc(F)c(F)c1F. The Labute approximate surface area is 103 Å². The van der Waals surface area contributed by atoms with Gasteiger partial charge in [-0.25, -0.2) is 13.2 Å². The van der Waals surface area contributed by atoms with Crippen molar-refractivity contribution < 1.29 is 18.0 Å². The van der Waals surface area contributed by atoms with Gasteiger partial charge in [0.1, 0.15) is 0 Å². The van der Waals surface area contributed by atoms with E-state index in [0.29, 0.717) is 6.54 Å². The minimum atomic E-state index is -1.59. The highest BCUT2D eigenvalue weighted by atomic mass is 19.2. The number of rotatable bonds is 2. The van der Waals surface area contributed by atoms with Crippen LogP contribution in [0.3, 0.4) is 0 Å². The van der Waals surface area contributed by atoms with Gasteiger partial charge in [-0.3, -0.25) is 4.79 Å². The van der Waals surface area contributed by atoms with Crippen LogP contribution in [0.25, 0.3) is 0 Å². The van der Waals surface area contributed by atoms with Gasteiger partial charge in [-0.2, -0.15) is 0 Å². The number of hydrogen-bond donors (Lipinski definition) is 0. The maximum Gasteiger partial charge on any atom is 0.257 e. The van der Waals surface area contributed by atoms with Gasteiger partial charge in [-0.15, -0.1) is 0 Å². The molecule has 1 aliphatic heterocycles. The Morgan fingerprint density at radius 3 is 2.72 bits per heavy atom. The Bertz CT molecular complexity index is 476. The molecular formula is C13H14F3NO. The number of carbonyl (C=O) groups is 1. The Kier molecular flexibility index (Phi) is 3.59. The third kappa shape index (κ3) is 2.09. The van der Waals surface area contributed by atoms with Gasteiger partial charge < -0.3 is 4.90 Å². The second kappa shape index (κ2) is 5.00. The van der Waals surface area contributed by atoms with E-state index in [9.17, 15) is 18.0 Å². The number of hydrogen-bond acceptors (Lipinski definition) is 1. The van der Waals surface area contributed by atoms with Crippen LogP contribution in [0.15, 0.2) is 12.1 Å². The zero-order valence-corrected chi connectivity index (χ0v) is 10.0. The van der Waals surface area contributed by atoms with Crippen molar-refractivity contribution in [2.24, 2.45) is 0 Å². The van der Waals surface area contributed by atoms with Crippen molar-refractivity contribution >= 4 is 5.91 Å². The molecule has 0 aliphatic carbocycles. The van der Waals surface area contributed by atoms with Gasteiger partial charge in [0, 0.05) is 12.6 Å². The number of nitrogens with zero attached hydrogens (tertiary/aromatic N) is 1. The first-order chi connectivity index (χ1) is 8.56. The average molecular weight is 257 g/mol. The molecule has 1 aromatic carbocycles. The normalized spacial score (nSPS) is 19.3. The zero-order valence-electron chi connectivity index (χ0n) is 10.0. The molecule has 0 N–H and O–H groups in total. The van der Waals surface area contributed by atoms with E-state index in [1.807, 2.05) is 6.92 Å².